The quantitative estimate of drug-likeness (QED) is 0.235. The van der Waals surface area contributed by atoms with Crippen molar-refractivity contribution in [3.05, 3.63) is 82.3 Å². The summed E-state index contributed by atoms with van der Waals surface area (Å²) in [6.07, 6.45) is 1.75. The minimum atomic E-state index is -1.40. The van der Waals surface area contributed by atoms with Crippen molar-refractivity contribution in [3.8, 4) is 0 Å². The van der Waals surface area contributed by atoms with Crippen LogP contribution in [0.4, 0.5) is 29.7 Å². The molecule has 2 aromatic rings. The van der Waals surface area contributed by atoms with Gasteiger partial charge in [-0.3, -0.25) is 0 Å². The Hall–Kier alpha value is -4.54. The van der Waals surface area contributed by atoms with Crippen molar-refractivity contribution < 1.29 is 32.6 Å². The van der Waals surface area contributed by atoms with E-state index in [1.165, 1.54) is 13.2 Å². The van der Waals surface area contributed by atoms with Crippen molar-refractivity contribution in [1.29, 1.82) is 0 Å². The fraction of sp³-hybridized carbons (Fsp3) is 0.379. The summed E-state index contributed by atoms with van der Waals surface area (Å²) in [6.45, 7) is 9.13. The summed E-state index contributed by atoms with van der Waals surface area (Å²) >= 11 is 0. The van der Waals surface area contributed by atoms with Crippen LogP contribution in [-0.4, -0.2) is 76.0 Å². The molecule has 42 heavy (non-hydrogen) atoms. The minimum Gasteiger partial charge on any atom is -0.466 e. The molecule has 2 aliphatic heterocycles. The Balaban J connectivity index is 1.40. The normalized spacial score (nSPS) is 17.5. The number of amides is 4. The smallest absolute Gasteiger partial charge is 0.338 e. The van der Waals surface area contributed by atoms with Crippen LogP contribution in [0.2, 0.25) is 0 Å². The number of carbonyl (C=O) groups excluding carboxylic acids is 3. The summed E-state index contributed by atoms with van der Waals surface area (Å²) in [5.41, 5.74) is 1.57. The topological polar surface area (TPSA) is 117 Å². The lowest BCUT2D eigenvalue weighted by molar-refractivity contribution is -0.137. The van der Waals surface area contributed by atoms with Crippen molar-refractivity contribution >= 4 is 29.4 Å². The zero-order valence-electron chi connectivity index (χ0n) is 23.3. The molecule has 0 saturated carbocycles. The SMILES string of the molecule is [C-]#[N+]c1ccc(N2CCC(NCCNC(=O)N3C(=O)NC(COC)=C(C(=O)OC)[C@@H]3c3ccc(F)c(F)c3)CC2)cc1. The molecule has 2 heterocycles. The number of nitrogens with one attached hydrogen (secondary N) is 3. The first-order valence-corrected chi connectivity index (χ1v) is 13.4. The van der Waals surface area contributed by atoms with Crippen LogP contribution in [0.15, 0.2) is 53.7 Å². The molecule has 0 radical (unpaired) electrons. The van der Waals surface area contributed by atoms with E-state index in [0.717, 1.165) is 55.8 Å². The number of imide groups is 1. The molecule has 2 aliphatic rings. The van der Waals surface area contributed by atoms with Crippen molar-refractivity contribution in [3.63, 3.8) is 0 Å². The molecule has 0 bridgehead atoms. The second kappa shape index (κ2) is 13.9. The largest absolute Gasteiger partial charge is 0.466 e. The monoisotopic (exact) mass is 582 g/mol. The van der Waals surface area contributed by atoms with E-state index in [2.05, 4.69) is 25.7 Å². The summed E-state index contributed by atoms with van der Waals surface area (Å²) in [4.78, 5) is 45.6. The fourth-order valence-corrected chi connectivity index (χ4v) is 5.09. The van der Waals surface area contributed by atoms with Crippen LogP contribution in [0.5, 0.6) is 0 Å². The van der Waals surface area contributed by atoms with Crippen LogP contribution in [0.25, 0.3) is 4.85 Å². The molecule has 222 valence electrons. The van der Waals surface area contributed by atoms with E-state index in [1.807, 2.05) is 12.1 Å². The van der Waals surface area contributed by atoms with Gasteiger partial charge in [-0.25, -0.2) is 32.9 Å². The lowest BCUT2D eigenvalue weighted by Gasteiger charge is -2.37. The number of methoxy groups -OCH3 is 2. The molecule has 4 rings (SSSR count). The molecule has 0 spiro atoms. The van der Waals surface area contributed by atoms with E-state index < -0.39 is 35.7 Å². The third-order valence-corrected chi connectivity index (χ3v) is 7.18. The minimum absolute atomic E-state index is 0.00140. The zero-order chi connectivity index (χ0) is 30.2. The maximum atomic E-state index is 14.2. The number of halogens is 2. The summed E-state index contributed by atoms with van der Waals surface area (Å²) in [7, 11) is 2.48. The van der Waals surface area contributed by atoms with Gasteiger partial charge >= 0.3 is 18.0 Å². The fourth-order valence-electron chi connectivity index (χ4n) is 5.09. The lowest BCUT2D eigenvalue weighted by Crippen LogP contribution is -2.56. The third-order valence-electron chi connectivity index (χ3n) is 7.18. The van der Waals surface area contributed by atoms with Crippen LogP contribution in [0, 0.1) is 18.2 Å². The Bertz CT molecular complexity index is 1390. The van der Waals surface area contributed by atoms with Gasteiger partial charge in [-0.15, -0.1) is 0 Å². The number of nitrogens with zero attached hydrogens (tertiary/aromatic N) is 3. The number of benzene rings is 2. The molecule has 2 aromatic carbocycles. The highest BCUT2D eigenvalue weighted by atomic mass is 19.2. The van der Waals surface area contributed by atoms with Gasteiger partial charge < -0.3 is 30.3 Å². The number of rotatable bonds is 9. The molecule has 13 heteroatoms. The number of hydrogen-bond donors (Lipinski definition) is 3. The second-order valence-electron chi connectivity index (χ2n) is 9.77. The number of anilines is 1. The first kappa shape index (κ1) is 30.4. The van der Waals surface area contributed by atoms with Crippen molar-refractivity contribution in [2.24, 2.45) is 0 Å². The molecule has 0 unspecified atom stereocenters. The summed E-state index contributed by atoms with van der Waals surface area (Å²) in [5, 5.41) is 8.56. The van der Waals surface area contributed by atoms with Crippen molar-refractivity contribution in [2.75, 3.05) is 51.9 Å². The van der Waals surface area contributed by atoms with Crippen molar-refractivity contribution in [1.82, 2.24) is 20.9 Å². The first-order valence-electron chi connectivity index (χ1n) is 13.4. The van der Waals surface area contributed by atoms with Gasteiger partial charge in [-0.05, 0) is 42.7 Å². The highest BCUT2D eigenvalue weighted by Crippen LogP contribution is 2.35. The third kappa shape index (κ3) is 6.84. The second-order valence-corrected chi connectivity index (χ2v) is 9.77. The number of carbonyl (C=O) groups is 3. The van der Waals surface area contributed by atoms with E-state index in [1.54, 1.807) is 12.1 Å². The van der Waals surface area contributed by atoms with E-state index in [-0.39, 0.29) is 36.0 Å². The zero-order valence-corrected chi connectivity index (χ0v) is 23.3. The Morgan fingerprint density at radius 3 is 2.40 bits per heavy atom. The van der Waals surface area contributed by atoms with Gasteiger partial charge in [-0.1, -0.05) is 18.2 Å². The molecule has 11 nitrogen and oxygen atoms in total. The maximum absolute atomic E-state index is 14.2. The molecular weight excluding hydrogens is 550 g/mol. The lowest BCUT2D eigenvalue weighted by atomic mass is 9.93. The summed E-state index contributed by atoms with van der Waals surface area (Å²) in [5.74, 6) is -3.19. The maximum Gasteiger partial charge on any atom is 0.338 e. The Kier molecular flexibility index (Phi) is 10.1. The van der Waals surface area contributed by atoms with Gasteiger partial charge in [0.25, 0.3) is 0 Å². The van der Waals surface area contributed by atoms with E-state index >= 15 is 0 Å². The highest BCUT2D eigenvalue weighted by Gasteiger charge is 2.43. The molecule has 0 aliphatic carbocycles. The predicted octanol–water partition coefficient (Wildman–Crippen LogP) is 3.62. The predicted molar refractivity (Wildman–Crippen MR) is 150 cm³/mol. The van der Waals surface area contributed by atoms with Crippen LogP contribution < -0.4 is 20.9 Å². The number of urea groups is 2. The highest BCUT2D eigenvalue weighted by molar-refractivity contribution is 6.01. The number of esters is 1. The number of ether oxygens (including phenoxy) is 2. The standard InChI is InChI=1S/C29H32F2N6O5/c1-32-19-5-7-21(8-6-19)36-14-10-20(11-15-36)33-12-13-34-28(39)37-26(18-4-9-22(30)23(31)16-18)25(27(38)42-3)24(17-41-2)35-29(37)40/h4-9,16,20,26,33H,10-15,17H2,2-3H3,(H,34,39)(H,35,40)/t26-/m0/s1. The van der Waals surface area contributed by atoms with Crippen LogP contribution in [0.1, 0.15) is 24.4 Å². The molecular formula is C29H32F2N6O5. The Morgan fingerprint density at radius 1 is 1.07 bits per heavy atom. The van der Waals surface area contributed by atoms with Crippen molar-refractivity contribution in [2.45, 2.75) is 24.9 Å². The summed E-state index contributed by atoms with van der Waals surface area (Å²) < 4.78 is 37.9. The van der Waals surface area contributed by atoms with E-state index in [0.29, 0.717) is 12.2 Å². The summed E-state index contributed by atoms with van der Waals surface area (Å²) in [6, 6.07) is 7.50. The average molecular weight is 583 g/mol. The van der Waals surface area contributed by atoms with Gasteiger partial charge in [0.2, 0.25) is 0 Å². The molecule has 3 N–H and O–H groups in total. The Labute approximate surface area is 242 Å². The molecule has 1 saturated heterocycles. The van der Waals surface area contributed by atoms with Crippen LogP contribution in [-0.2, 0) is 14.3 Å². The molecule has 0 aromatic heterocycles. The number of hydrogen-bond acceptors (Lipinski definition) is 7. The van der Waals surface area contributed by atoms with Crippen LogP contribution in [0.3, 0.4) is 0 Å². The average Bonchev–Trinajstić information content (AvgIpc) is 3.00. The van der Waals surface area contributed by atoms with Gasteiger partial charge in [0.05, 0.1) is 31.6 Å². The van der Waals surface area contributed by atoms with Gasteiger partial charge in [-0.2, -0.15) is 0 Å². The van der Waals surface area contributed by atoms with Crippen LogP contribution >= 0.6 is 0 Å². The molecule has 1 atom stereocenters. The van der Waals surface area contributed by atoms with Gasteiger partial charge in [0.1, 0.15) is 6.04 Å². The molecule has 4 amide bonds. The number of piperidine rings is 1. The van der Waals surface area contributed by atoms with Gasteiger partial charge in [0.15, 0.2) is 17.3 Å². The van der Waals surface area contributed by atoms with E-state index in [4.69, 9.17) is 16.0 Å². The van der Waals surface area contributed by atoms with E-state index in [9.17, 15) is 23.2 Å². The Morgan fingerprint density at radius 2 is 1.79 bits per heavy atom. The molecule has 1 fully saturated rings. The van der Waals surface area contributed by atoms with Gasteiger partial charge in [0, 0.05) is 45.0 Å². The first-order chi connectivity index (χ1) is 20.3.